The normalized spacial score (nSPS) is 14.0. The van der Waals surface area contributed by atoms with E-state index in [9.17, 15) is 9.59 Å². The SMILES string of the molecule is CCC(C)C(C)NC(=O)c1sc(NC(=O)OC(C)(C)C)nc1C. The third-order valence-electron chi connectivity index (χ3n) is 3.47. The molecule has 2 N–H and O–H groups in total. The van der Waals surface area contributed by atoms with Crippen LogP contribution < -0.4 is 10.6 Å². The summed E-state index contributed by atoms with van der Waals surface area (Å²) >= 11 is 1.15. The molecule has 0 aliphatic rings. The Kier molecular flexibility index (Phi) is 6.56. The molecule has 2 amide bonds. The molecule has 0 radical (unpaired) electrons. The first kappa shape index (κ1) is 19.4. The van der Waals surface area contributed by atoms with Crippen LogP contribution in [-0.2, 0) is 4.74 Å². The number of aromatic nitrogens is 1. The van der Waals surface area contributed by atoms with E-state index in [0.717, 1.165) is 17.8 Å². The number of anilines is 1. The van der Waals surface area contributed by atoms with Crippen LogP contribution in [0.2, 0.25) is 0 Å². The maximum absolute atomic E-state index is 12.3. The van der Waals surface area contributed by atoms with Crippen molar-refractivity contribution in [1.29, 1.82) is 0 Å². The smallest absolute Gasteiger partial charge is 0.413 e. The molecule has 0 spiro atoms. The van der Waals surface area contributed by atoms with E-state index in [4.69, 9.17) is 4.74 Å². The van der Waals surface area contributed by atoms with Crippen LogP contribution in [0.4, 0.5) is 9.93 Å². The number of nitrogens with zero attached hydrogens (tertiary/aromatic N) is 1. The minimum atomic E-state index is -0.581. The minimum Gasteiger partial charge on any atom is -0.444 e. The number of aryl methyl sites for hydroxylation is 1. The first-order valence-electron chi connectivity index (χ1n) is 7.81. The lowest BCUT2D eigenvalue weighted by Gasteiger charge is -2.19. The number of hydrogen-bond acceptors (Lipinski definition) is 5. The molecule has 0 saturated heterocycles. The van der Waals surface area contributed by atoms with Crippen molar-refractivity contribution < 1.29 is 14.3 Å². The first-order chi connectivity index (χ1) is 10.5. The van der Waals surface area contributed by atoms with Crippen LogP contribution in [0, 0.1) is 12.8 Å². The Balaban J connectivity index is 2.74. The van der Waals surface area contributed by atoms with Crippen molar-refractivity contribution in [1.82, 2.24) is 10.3 Å². The molecule has 1 heterocycles. The van der Waals surface area contributed by atoms with Gasteiger partial charge in [0.2, 0.25) is 0 Å². The van der Waals surface area contributed by atoms with Crippen LogP contribution >= 0.6 is 11.3 Å². The van der Waals surface area contributed by atoms with Crippen LogP contribution in [0.3, 0.4) is 0 Å². The Bertz CT molecular complexity index is 563. The van der Waals surface area contributed by atoms with E-state index in [1.54, 1.807) is 27.7 Å². The molecule has 0 fully saturated rings. The third kappa shape index (κ3) is 6.17. The lowest BCUT2D eigenvalue weighted by molar-refractivity contribution is 0.0635. The molecule has 1 aromatic rings. The number of carbonyl (C=O) groups is 2. The predicted molar refractivity (Wildman–Crippen MR) is 93.1 cm³/mol. The Hall–Kier alpha value is -1.63. The molecule has 130 valence electrons. The van der Waals surface area contributed by atoms with E-state index in [-0.39, 0.29) is 11.9 Å². The van der Waals surface area contributed by atoms with Crippen molar-refractivity contribution in [2.24, 2.45) is 5.92 Å². The molecule has 0 bridgehead atoms. The van der Waals surface area contributed by atoms with Gasteiger partial charge in [-0.05, 0) is 40.5 Å². The van der Waals surface area contributed by atoms with Crippen LogP contribution in [0.1, 0.15) is 63.3 Å². The molecular formula is C16H27N3O3S. The highest BCUT2D eigenvalue weighted by molar-refractivity contribution is 7.17. The van der Waals surface area contributed by atoms with E-state index in [1.807, 2.05) is 6.92 Å². The lowest BCUT2D eigenvalue weighted by atomic mass is 10.0. The molecule has 0 saturated carbocycles. The van der Waals surface area contributed by atoms with Gasteiger partial charge in [0.15, 0.2) is 5.13 Å². The fraction of sp³-hybridized carbons (Fsp3) is 0.688. The summed E-state index contributed by atoms with van der Waals surface area (Å²) in [6.45, 7) is 13.3. The molecule has 1 rings (SSSR count). The zero-order valence-electron chi connectivity index (χ0n) is 14.9. The van der Waals surface area contributed by atoms with Crippen LogP contribution in [0.15, 0.2) is 0 Å². The highest BCUT2D eigenvalue weighted by Gasteiger charge is 2.21. The molecule has 7 heteroatoms. The zero-order chi connectivity index (χ0) is 17.8. The number of ether oxygens (including phenoxy) is 1. The second kappa shape index (κ2) is 7.77. The highest BCUT2D eigenvalue weighted by atomic mass is 32.1. The van der Waals surface area contributed by atoms with E-state index < -0.39 is 11.7 Å². The summed E-state index contributed by atoms with van der Waals surface area (Å²) in [4.78, 5) is 28.8. The van der Waals surface area contributed by atoms with Gasteiger partial charge in [-0.3, -0.25) is 10.1 Å². The quantitative estimate of drug-likeness (QED) is 0.849. The van der Waals surface area contributed by atoms with Gasteiger partial charge in [-0.1, -0.05) is 31.6 Å². The number of nitrogens with one attached hydrogen (secondary N) is 2. The third-order valence-corrected chi connectivity index (χ3v) is 4.54. The average molecular weight is 341 g/mol. The van der Waals surface area contributed by atoms with Crippen LogP contribution in [-0.4, -0.2) is 28.6 Å². The van der Waals surface area contributed by atoms with Gasteiger partial charge in [0.05, 0.1) is 5.69 Å². The van der Waals surface area contributed by atoms with Crippen molar-refractivity contribution in [2.45, 2.75) is 66.5 Å². The molecule has 0 aromatic carbocycles. The molecule has 23 heavy (non-hydrogen) atoms. The lowest BCUT2D eigenvalue weighted by Crippen LogP contribution is -2.36. The summed E-state index contributed by atoms with van der Waals surface area (Å²) in [5.41, 5.74) is 0.0115. The second-order valence-electron chi connectivity index (χ2n) is 6.71. The number of thiazole rings is 1. The van der Waals surface area contributed by atoms with Gasteiger partial charge in [0, 0.05) is 6.04 Å². The molecule has 2 unspecified atom stereocenters. The number of rotatable bonds is 5. The molecule has 6 nitrogen and oxygen atoms in total. The number of amides is 2. The van der Waals surface area contributed by atoms with Crippen molar-refractivity contribution in [3.05, 3.63) is 10.6 Å². The second-order valence-corrected chi connectivity index (χ2v) is 7.71. The molecular weight excluding hydrogens is 314 g/mol. The van der Waals surface area contributed by atoms with Crippen LogP contribution in [0.5, 0.6) is 0 Å². The van der Waals surface area contributed by atoms with Gasteiger partial charge < -0.3 is 10.1 Å². The summed E-state index contributed by atoms with van der Waals surface area (Å²) in [5, 5.41) is 5.91. The standard InChI is InChI=1S/C16H27N3O3S/c1-8-9(2)10(3)17-13(20)12-11(4)18-14(23-12)19-15(21)22-16(5,6)7/h9-10H,8H2,1-7H3,(H,17,20)(H,18,19,21). The Morgan fingerprint density at radius 2 is 1.91 bits per heavy atom. The van der Waals surface area contributed by atoms with Gasteiger partial charge in [0.1, 0.15) is 10.5 Å². The molecule has 0 aliphatic carbocycles. The minimum absolute atomic E-state index is 0.0799. The topological polar surface area (TPSA) is 80.3 Å². The van der Waals surface area contributed by atoms with Gasteiger partial charge in [-0.15, -0.1) is 0 Å². The number of carbonyl (C=O) groups excluding carboxylic acids is 2. The predicted octanol–water partition coefficient (Wildman–Crippen LogP) is 3.96. The largest absolute Gasteiger partial charge is 0.444 e. The van der Waals surface area contributed by atoms with Crippen molar-refractivity contribution >= 4 is 28.5 Å². The molecule has 2 atom stereocenters. The van der Waals surface area contributed by atoms with E-state index in [0.29, 0.717) is 21.6 Å². The zero-order valence-corrected chi connectivity index (χ0v) is 15.8. The monoisotopic (exact) mass is 341 g/mol. The van der Waals surface area contributed by atoms with E-state index in [2.05, 4.69) is 29.5 Å². The summed E-state index contributed by atoms with van der Waals surface area (Å²) in [7, 11) is 0. The fourth-order valence-electron chi connectivity index (χ4n) is 1.82. The maximum Gasteiger partial charge on any atom is 0.413 e. The van der Waals surface area contributed by atoms with Crippen molar-refractivity contribution in [3.63, 3.8) is 0 Å². The van der Waals surface area contributed by atoms with Crippen molar-refractivity contribution in [3.8, 4) is 0 Å². The highest BCUT2D eigenvalue weighted by Crippen LogP contribution is 2.23. The number of hydrogen-bond donors (Lipinski definition) is 2. The fourth-order valence-corrected chi connectivity index (χ4v) is 2.67. The van der Waals surface area contributed by atoms with E-state index in [1.165, 1.54) is 0 Å². The first-order valence-corrected chi connectivity index (χ1v) is 8.63. The summed E-state index contributed by atoms with van der Waals surface area (Å²) in [6.07, 6.45) is 0.417. The Morgan fingerprint density at radius 1 is 1.30 bits per heavy atom. The Morgan fingerprint density at radius 3 is 2.43 bits per heavy atom. The molecule has 1 aromatic heterocycles. The van der Waals surface area contributed by atoms with Gasteiger partial charge in [0.25, 0.3) is 5.91 Å². The molecule has 0 aliphatic heterocycles. The van der Waals surface area contributed by atoms with Gasteiger partial charge in [-0.25, -0.2) is 9.78 Å². The summed E-state index contributed by atoms with van der Waals surface area (Å²) in [5.74, 6) is 0.233. The Labute approximate surface area is 142 Å². The summed E-state index contributed by atoms with van der Waals surface area (Å²) in [6, 6.07) is 0.0799. The van der Waals surface area contributed by atoms with Gasteiger partial charge in [-0.2, -0.15) is 0 Å². The summed E-state index contributed by atoms with van der Waals surface area (Å²) < 4.78 is 5.18. The van der Waals surface area contributed by atoms with E-state index >= 15 is 0 Å². The maximum atomic E-state index is 12.3. The van der Waals surface area contributed by atoms with Crippen LogP contribution in [0.25, 0.3) is 0 Å². The average Bonchev–Trinajstić information content (AvgIpc) is 2.75. The van der Waals surface area contributed by atoms with Gasteiger partial charge >= 0.3 is 6.09 Å². The van der Waals surface area contributed by atoms with Crippen molar-refractivity contribution in [2.75, 3.05) is 5.32 Å².